The van der Waals surface area contributed by atoms with E-state index in [1.54, 1.807) is 48.5 Å². The quantitative estimate of drug-likeness (QED) is 0.236. The van der Waals surface area contributed by atoms with Gasteiger partial charge in [-0.25, -0.2) is 4.79 Å². The molecule has 0 aliphatic heterocycles. The molecule has 0 fully saturated rings. The molecule has 160 valence electrons. The standard InChI is InChI=1S/C19H18Cl3N3O4S/c1-28-16(27)13-9-5-6-10-14(13)23-18(30)25-17(19(20,21)22)24-15(26)11-29-12-7-3-2-4-8-12/h2-10,17H,11H2,1H3,(H,24,26)(H2,23,25,30)/t17-/m0/s1. The van der Waals surface area contributed by atoms with Gasteiger partial charge < -0.3 is 25.4 Å². The first-order valence-corrected chi connectivity index (χ1v) is 10.0. The molecule has 0 unspecified atom stereocenters. The number of hydrogen-bond acceptors (Lipinski definition) is 5. The summed E-state index contributed by atoms with van der Waals surface area (Å²) in [4.78, 5) is 24.1. The van der Waals surface area contributed by atoms with E-state index in [4.69, 9.17) is 56.5 Å². The van der Waals surface area contributed by atoms with Gasteiger partial charge in [-0.2, -0.15) is 0 Å². The van der Waals surface area contributed by atoms with Gasteiger partial charge in [0.1, 0.15) is 11.9 Å². The summed E-state index contributed by atoms with van der Waals surface area (Å²) in [6, 6.07) is 15.3. The molecule has 1 atom stereocenters. The Labute approximate surface area is 194 Å². The summed E-state index contributed by atoms with van der Waals surface area (Å²) in [6.07, 6.45) is -1.18. The molecule has 0 saturated carbocycles. The molecule has 0 aromatic heterocycles. The Hall–Kier alpha value is -2.26. The van der Waals surface area contributed by atoms with Crippen LogP contribution in [0.1, 0.15) is 10.4 Å². The minimum Gasteiger partial charge on any atom is -0.484 e. The molecule has 0 aliphatic rings. The second-order valence-electron chi connectivity index (χ2n) is 5.78. The van der Waals surface area contributed by atoms with Crippen LogP contribution in [0.4, 0.5) is 5.69 Å². The maximum Gasteiger partial charge on any atom is 0.339 e. The second kappa shape index (κ2) is 11.2. The van der Waals surface area contributed by atoms with Crippen LogP contribution in [-0.4, -0.2) is 40.7 Å². The molecule has 7 nitrogen and oxygen atoms in total. The Kier molecular flexibility index (Phi) is 8.98. The largest absolute Gasteiger partial charge is 0.484 e. The highest BCUT2D eigenvalue weighted by Gasteiger charge is 2.34. The average Bonchev–Trinajstić information content (AvgIpc) is 2.71. The van der Waals surface area contributed by atoms with Crippen molar-refractivity contribution in [3.05, 3.63) is 60.2 Å². The lowest BCUT2D eigenvalue weighted by Crippen LogP contribution is -2.57. The smallest absolute Gasteiger partial charge is 0.339 e. The molecule has 3 N–H and O–H groups in total. The second-order valence-corrected chi connectivity index (χ2v) is 8.56. The van der Waals surface area contributed by atoms with Gasteiger partial charge in [0, 0.05) is 0 Å². The zero-order valence-corrected chi connectivity index (χ0v) is 18.7. The molecule has 0 spiro atoms. The predicted molar refractivity (Wildman–Crippen MR) is 121 cm³/mol. The molecule has 0 radical (unpaired) electrons. The zero-order valence-electron chi connectivity index (χ0n) is 15.7. The van der Waals surface area contributed by atoms with Gasteiger partial charge in [-0.15, -0.1) is 0 Å². The van der Waals surface area contributed by atoms with Gasteiger partial charge in [0.2, 0.25) is 3.79 Å². The van der Waals surface area contributed by atoms with Crippen molar-refractivity contribution in [3.8, 4) is 5.75 Å². The molecule has 0 bridgehead atoms. The SMILES string of the molecule is COC(=O)c1ccccc1NC(=S)N[C@H](NC(=O)COc1ccccc1)C(Cl)(Cl)Cl. The number of carbonyl (C=O) groups is 2. The Morgan fingerprint density at radius 2 is 1.67 bits per heavy atom. The van der Waals surface area contributed by atoms with Crippen LogP contribution in [0.25, 0.3) is 0 Å². The molecule has 2 aromatic carbocycles. The van der Waals surface area contributed by atoms with Crippen LogP contribution in [0.2, 0.25) is 0 Å². The highest BCUT2D eigenvalue weighted by molar-refractivity contribution is 7.80. The topological polar surface area (TPSA) is 88.7 Å². The number of methoxy groups -OCH3 is 1. The van der Waals surface area contributed by atoms with Crippen molar-refractivity contribution >= 4 is 69.7 Å². The maximum absolute atomic E-state index is 12.2. The summed E-state index contributed by atoms with van der Waals surface area (Å²) in [5, 5.41) is 8.03. The number of amides is 1. The Morgan fingerprint density at radius 1 is 1.03 bits per heavy atom. The highest BCUT2D eigenvalue weighted by atomic mass is 35.6. The van der Waals surface area contributed by atoms with Crippen molar-refractivity contribution in [2.45, 2.75) is 9.96 Å². The summed E-state index contributed by atoms with van der Waals surface area (Å²) in [5.41, 5.74) is 0.638. The molecule has 11 heteroatoms. The highest BCUT2D eigenvalue weighted by Crippen LogP contribution is 2.29. The van der Waals surface area contributed by atoms with E-state index in [-0.39, 0.29) is 17.3 Å². The van der Waals surface area contributed by atoms with E-state index in [9.17, 15) is 9.59 Å². The first kappa shape index (κ1) is 24.0. The van der Waals surface area contributed by atoms with Crippen LogP contribution >= 0.6 is 47.0 Å². The number of halogens is 3. The fraction of sp³-hybridized carbons (Fsp3) is 0.211. The predicted octanol–water partition coefficient (Wildman–Crippen LogP) is 3.65. The van der Waals surface area contributed by atoms with E-state index in [1.165, 1.54) is 7.11 Å². The number of benzene rings is 2. The molecule has 0 saturated heterocycles. The van der Waals surface area contributed by atoms with Gasteiger partial charge in [0.15, 0.2) is 11.7 Å². The summed E-state index contributed by atoms with van der Waals surface area (Å²) < 4.78 is 8.17. The number of nitrogens with one attached hydrogen (secondary N) is 3. The number of ether oxygens (including phenoxy) is 2. The summed E-state index contributed by atoms with van der Waals surface area (Å²) in [6.45, 7) is -0.297. The molecular weight excluding hydrogens is 473 g/mol. The first-order valence-electron chi connectivity index (χ1n) is 8.49. The minimum atomic E-state index is -1.93. The molecular formula is C19H18Cl3N3O4S. The van der Waals surface area contributed by atoms with Gasteiger partial charge in [-0.05, 0) is 36.5 Å². The van der Waals surface area contributed by atoms with Crippen molar-refractivity contribution in [1.82, 2.24) is 10.6 Å². The van der Waals surface area contributed by atoms with Crippen molar-refractivity contribution in [3.63, 3.8) is 0 Å². The van der Waals surface area contributed by atoms with Crippen molar-refractivity contribution in [2.24, 2.45) is 0 Å². The number of esters is 1. The van der Waals surface area contributed by atoms with E-state index >= 15 is 0 Å². The van der Waals surface area contributed by atoms with Gasteiger partial charge in [0.05, 0.1) is 18.4 Å². The fourth-order valence-electron chi connectivity index (χ4n) is 2.24. The molecule has 30 heavy (non-hydrogen) atoms. The van der Waals surface area contributed by atoms with Gasteiger partial charge >= 0.3 is 5.97 Å². The van der Waals surface area contributed by atoms with Crippen LogP contribution in [0.5, 0.6) is 5.75 Å². The Bertz CT molecular complexity index is 894. The lowest BCUT2D eigenvalue weighted by Gasteiger charge is -2.28. The summed E-state index contributed by atoms with van der Waals surface area (Å²) in [7, 11) is 1.27. The average molecular weight is 491 g/mol. The third-order valence-electron chi connectivity index (χ3n) is 3.60. The number of para-hydroxylation sites is 2. The number of alkyl halides is 3. The lowest BCUT2D eigenvalue weighted by molar-refractivity contribution is -0.123. The van der Waals surface area contributed by atoms with Crippen LogP contribution < -0.4 is 20.7 Å². The molecule has 1 amide bonds. The van der Waals surface area contributed by atoms with Crippen molar-refractivity contribution < 1.29 is 19.1 Å². The van der Waals surface area contributed by atoms with E-state index in [0.29, 0.717) is 11.4 Å². The van der Waals surface area contributed by atoms with Crippen LogP contribution in [0.15, 0.2) is 54.6 Å². The van der Waals surface area contributed by atoms with Gasteiger partial charge in [-0.1, -0.05) is 65.1 Å². The number of thiocarbonyl (C=S) groups is 1. The van der Waals surface area contributed by atoms with Gasteiger partial charge in [-0.3, -0.25) is 4.79 Å². The van der Waals surface area contributed by atoms with Crippen LogP contribution in [0, 0.1) is 0 Å². The maximum atomic E-state index is 12.2. The molecule has 2 aromatic rings. The zero-order chi connectivity index (χ0) is 22.1. The minimum absolute atomic E-state index is 0.00644. The van der Waals surface area contributed by atoms with E-state index < -0.39 is 21.8 Å². The molecule has 2 rings (SSSR count). The summed E-state index contributed by atoms with van der Waals surface area (Å²) in [5.74, 6) is -0.576. The van der Waals surface area contributed by atoms with Crippen molar-refractivity contribution in [1.29, 1.82) is 0 Å². The van der Waals surface area contributed by atoms with E-state index in [0.717, 1.165) is 0 Å². The monoisotopic (exact) mass is 489 g/mol. The van der Waals surface area contributed by atoms with E-state index in [1.807, 2.05) is 6.07 Å². The summed E-state index contributed by atoms with van der Waals surface area (Å²) >= 11 is 23.1. The third kappa shape index (κ3) is 7.53. The fourth-order valence-corrected chi connectivity index (χ4v) is 2.79. The number of carbonyl (C=O) groups excluding carboxylic acids is 2. The van der Waals surface area contributed by atoms with Crippen LogP contribution in [-0.2, 0) is 9.53 Å². The third-order valence-corrected chi connectivity index (χ3v) is 4.48. The normalized spacial score (nSPS) is 11.7. The molecule has 0 aliphatic carbocycles. The number of anilines is 1. The number of hydrogen-bond donors (Lipinski definition) is 3. The Morgan fingerprint density at radius 3 is 2.30 bits per heavy atom. The number of rotatable bonds is 7. The Balaban J connectivity index is 2.00. The molecule has 0 heterocycles. The lowest BCUT2D eigenvalue weighted by atomic mass is 10.2. The van der Waals surface area contributed by atoms with Crippen molar-refractivity contribution in [2.75, 3.05) is 19.0 Å². The van der Waals surface area contributed by atoms with E-state index in [2.05, 4.69) is 16.0 Å². The first-order chi connectivity index (χ1) is 14.2. The van der Waals surface area contributed by atoms with Crippen LogP contribution in [0.3, 0.4) is 0 Å². The van der Waals surface area contributed by atoms with Gasteiger partial charge in [0.25, 0.3) is 5.91 Å².